The molecule has 126 valence electrons. The molecule has 0 fully saturated rings. The van der Waals surface area contributed by atoms with Crippen molar-refractivity contribution in [2.24, 2.45) is 0 Å². The van der Waals surface area contributed by atoms with Crippen LogP contribution in [0.4, 0.5) is 0 Å². The smallest absolute Gasteiger partial charge is 0.335 e. The van der Waals surface area contributed by atoms with Gasteiger partial charge in [0, 0.05) is 5.41 Å². The van der Waals surface area contributed by atoms with Crippen molar-refractivity contribution in [3.8, 4) is 0 Å². The van der Waals surface area contributed by atoms with Crippen LogP contribution in [0.3, 0.4) is 0 Å². The van der Waals surface area contributed by atoms with E-state index in [0.29, 0.717) is 0 Å². The lowest BCUT2D eigenvalue weighted by Crippen LogP contribution is -2.24. The maximum absolute atomic E-state index is 11.3. The van der Waals surface area contributed by atoms with E-state index < -0.39 is 11.9 Å². The second kappa shape index (κ2) is 7.30. The number of hydrogen-bond acceptors (Lipinski definition) is 2. The highest BCUT2D eigenvalue weighted by Gasteiger charge is 2.29. The average molecular weight is 326 g/mol. The van der Waals surface area contributed by atoms with Gasteiger partial charge in [-0.3, -0.25) is 0 Å². The maximum Gasteiger partial charge on any atom is 0.335 e. The quantitative estimate of drug-likeness (QED) is 0.781. The van der Waals surface area contributed by atoms with E-state index in [4.69, 9.17) is 5.11 Å². The molecule has 1 unspecified atom stereocenters. The fourth-order valence-electron chi connectivity index (χ4n) is 2.96. The molecule has 0 heterocycles. The summed E-state index contributed by atoms with van der Waals surface area (Å²) >= 11 is 0. The van der Waals surface area contributed by atoms with Gasteiger partial charge in [-0.05, 0) is 41.8 Å². The second-order valence-electron chi connectivity index (χ2n) is 6.20. The molecule has 0 spiro atoms. The van der Waals surface area contributed by atoms with Gasteiger partial charge in [-0.15, -0.1) is 0 Å². The summed E-state index contributed by atoms with van der Waals surface area (Å²) in [5, 5.41) is 18.3. The number of hydrogen-bond donors (Lipinski definition) is 2. The number of aromatic carboxylic acids is 2. The molecule has 4 nitrogen and oxygen atoms in total. The van der Waals surface area contributed by atoms with Crippen molar-refractivity contribution < 1.29 is 19.8 Å². The summed E-state index contributed by atoms with van der Waals surface area (Å²) in [5.41, 5.74) is 2.06. The molecule has 1 atom stereocenters. The molecule has 24 heavy (non-hydrogen) atoms. The molecule has 0 aliphatic rings. The van der Waals surface area contributed by atoms with Crippen LogP contribution in [0.25, 0.3) is 0 Å². The van der Waals surface area contributed by atoms with E-state index in [-0.39, 0.29) is 16.5 Å². The molecule has 2 rings (SSSR count). The molecule has 0 bridgehead atoms. The Morgan fingerprint density at radius 2 is 1.54 bits per heavy atom. The van der Waals surface area contributed by atoms with E-state index in [1.165, 1.54) is 0 Å². The molecule has 0 amide bonds. The molecule has 0 aliphatic carbocycles. The maximum atomic E-state index is 11.3. The van der Waals surface area contributed by atoms with Gasteiger partial charge in [0.25, 0.3) is 0 Å². The topological polar surface area (TPSA) is 74.6 Å². The van der Waals surface area contributed by atoms with Crippen molar-refractivity contribution in [1.82, 2.24) is 0 Å². The minimum Gasteiger partial charge on any atom is -0.478 e. The Kier molecular flexibility index (Phi) is 5.39. The zero-order chi connectivity index (χ0) is 17.7. The molecule has 0 aliphatic heterocycles. The Bertz CT molecular complexity index is 734. The fraction of sp³-hybridized carbons (Fsp3) is 0.300. The predicted octanol–water partition coefficient (Wildman–Crippen LogP) is 4.58. The highest BCUT2D eigenvalue weighted by atomic mass is 16.4. The molecule has 0 saturated carbocycles. The lowest BCUT2D eigenvalue weighted by molar-refractivity contribution is 0.0686. The summed E-state index contributed by atoms with van der Waals surface area (Å²) in [5.74, 6) is -1.90. The highest BCUT2D eigenvalue weighted by molar-refractivity contribution is 5.88. The molecule has 2 N–H and O–H groups in total. The van der Waals surface area contributed by atoms with Crippen LogP contribution in [-0.4, -0.2) is 22.2 Å². The first-order valence-corrected chi connectivity index (χ1v) is 8.06. The van der Waals surface area contributed by atoms with Gasteiger partial charge in [0.1, 0.15) is 0 Å². The van der Waals surface area contributed by atoms with Crippen LogP contribution in [0.2, 0.25) is 0 Å². The van der Waals surface area contributed by atoms with Gasteiger partial charge in [-0.1, -0.05) is 51.0 Å². The van der Waals surface area contributed by atoms with Crippen molar-refractivity contribution in [2.75, 3.05) is 0 Å². The summed E-state index contributed by atoms with van der Waals surface area (Å²) in [6, 6.07) is 13.8. The van der Waals surface area contributed by atoms with Gasteiger partial charge >= 0.3 is 11.9 Å². The number of carbonyl (C=O) groups is 2. The number of carboxylic acids is 2. The van der Waals surface area contributed by atoms with Gasteiger partial charge in [0.15, 0.2) is 0 Å². The molecular formula is C20H22O4. The largest absolute Gasteiger partial charge is 0.478 e. The summed E-state index contributed by atoms with van der Waals surface area (Å²) in [6.07, 6.45) is 2.88. The van der Waals surface area contributed by atoms with Gasteiger partial charge in [-0.25, -0.2) is 9.59 Å². The minimum atomic E-state index is -0.954. The van der Waals surface area contributed by atoms with Crippen LogP contribution in [0.5, 0.6) is 0 Å². The average Bonchev–Trinajstić information content (AvgIpc) is 2.59. The van der Waals surface area contributed by atoms with Crippen molar-refractivity contribution in [3.05, 3.63) is 70.8 Å². The first kappa shape index (κ1) is 17.7. The third kappa shape index (κ3) is 3.65. The van der Waals surface area contributed by atoms with Crippen molar-refractivity contribution >= 4 is 11.9 Å². The first-order chi connectivity index (χ1) is 11.4. The Morgan fingerprint density at radius 3 is 2.08 bits per heavy atom. The molecule has 2 aromatic carbocycles. The van der Waals surface area contributed by atoms with E-state index >= 15 is 0 Å². The highest BCUT2D eigenvalue weighted by Crippen LogP contribution is 2.37. The van der Waals surface area contributed by atoms with E-state index in [9.17, 15) is 14.7 Å². The van der Waals surface area contributed by atoms with Crippen LogP contribution < -0.4 is 0 Å². The molecule has 4 heteroatoms. The summed E-state index contributed by atoms with van der Waals surface area (Å²) < 4.78 is 0. The Morgan fingerprint density at radius 1 is 0.917 bits per heavy atom. The third-order valence-electron chi connectivity index (χ3n) is 4.55. The van der Waals surface area contributed by atoms with Crippen LogP contribution >= 0.6 is 0 Å². The number of benzene rings is 2. The Hall–Kier alpha value is -2.62. The first-order valence-electron chi connectivity index (χ1n) is 8.06. The normalized spacial score (nSPS) is 13.2. The molecule has 2 aromatic rings. The van der Waals surface area contributed by atoms with E-state index in [1.54, 1.807) is 30.3 Å². The Labute approximate surface area is 141 Å². The van der Waals surface area contributed by atoms with E-state index in [1.807, 2.05) is 18.2 Å². The lowest BCUT2D eigenvalue weighted by atomic mass is 9.72. The van der Waals surface area contributed by atoms with E-state index in [2.05, 4.69) is 13.8 Å². The molecular weight excluding hydrogens is 304 g/mol. The zero-order valence-electron chi connectivity index (χ0n) is 14.0. The number of carboxylic acid groups (broad SMARTS) is 2. The number of unbranched alkanes of at least 4 members (excludes halogenated alkanes) is 1. The van der Waals surface area contributed by atoms with Crippen molar-refractivity contribution in [2.45, 2.75) is 38.5 Å². The second-order valence-corrected chi connectivity index (χ2v) is 6.20. The molecule has 0 aromatic heterocycles. The molecule has 0 saturated heterocycles. The van der Waals surface area contributed by atoms with Crippen LogP contribution in [0.15, 0.2) is 48.5 Å². The van der Waals surface area contributed by atoms with Crippen LogP contribution in [0, 0.1) is 0 Å². The fourth-order valence-corrected chi connectivity index (χ4v) is 2.96. The third-order valence-corrected chi connectivity index (χ3v) is 4.55. The minimum absolute atomic E-state index is 0.246. The number of rotatable bonds is 7. The SMILES string of the molecule is CCCCC(C)(c1ccc(C(=O)O)cc1)c1cccc(C(=O)O)c1. The lowest BCUT2D eigenvalue weighted by Gasteiger charge is -2.31. The molecule has 0 radical (unpaired) electrons. The predicted molar refractivity (Wildman–Crippen MR) is 92.8 cm³/mol. The van der Waals surface area contributed by atoms with Crippen LogP contribution in [-0.2, 0) is 5.41 Å². The van der Waals surface area contributed by atoms with E-state index in [0.717, 1.165) is 30.4 Å². The summed E-state index contributed by atoms with van der Waals surface area (Å²) in [6.45, 7) is 4.20. The van der Waals surface area contributed by atoms with Gasteiger partial charge in [0.05, 0.1) is 11.1 Å². The van der Waals surface area contributed by atoms with Crippen LogP contribution in [0.1, 0.15) is 65.0 Å². The monoisotopic (exact) mass is 326 g/mol. The zero-order valence-corrected chi connectivity index (χ0v) is 14.0. The van der Waals surface area contributed by atoms with Gasteiger partial charge in [0.2, 0.25) is 0 Å². The standard InChI is InChI=1S/C20H22O4/c1-3-4-12-20(2,16-10-8-14(9-11-16)18(21)22)17-7-5-6-15(13-17)19(23)24/h5-11,13H,3-4,12H2,1-2H3,(H,21,22)(H,23,24). The summed E-state index contributed by atoms with van der Waals surface area (Å²) in [4.78, 5) is 22.3. The van der Waals surface area contributed by atoms with Crippen molar-refractivity contribution in [1.29, 1.82) is 0 Å². The summed E-state index contributed by atoms with van der Waals surface area (Å²) in [7, 11) is 0. The van der Waals surface area contributed by atoms with Gasteiger partial charge in [-0.2, -0.15) is 0 Å². The van der Waals surface area contributed by atoms with Gasteiger partial charge < -0.3 is 10.2 Å². The Balaban J connectivity index is 2.51. The van der Waals surface area contributed by atoms with Crippen molar-refractivity contribution in [3.63, 3.8) is 0 Å².